The van der Waals surface area contributed by atoms with Crippen molar-refractivity contribution >= 4 is 17.6 Å². The van der Waals surface area contributed by atoms with Crippen molar-refractivity contribution in [3.05, 3.63) is 54.0 Å². The molecule has 1 aliphatic rings. The number of para-hydroxylation sites is 1. The van der Waals surface area contributed by atoms with Crippen LogP contribution in [0, 0.1) is 0 Å². The lowest BCUT2D eigenvalue weighted by atomic mass is 10.0. The summed E-state index contributed by atoms with van der Waals surface area (Å²) in [4.78, 5) is 23.3. The van der Waals surface area contributed by atoms with Crippen LogP contribution in [0.1, 0.15) is 43.0 Å². The summed E-state index contributed by atoms with van der Waals surface area (Å²) in [5.41, 5.74) is 1.56. The molecule has 1 amide bonds. The van der Waals surface area contributed by atoms with Gasteiger partial charge in [0.05, 0.1) is 19.1 Å². The summed E-state index contributed by atoms with van der Waals surface area (Å²) in [6, 6.07) is 10.7. The van der Waals surface area contributed by atoms with Gasteiger partial charge in [-0.2, -0.15) is 5.10 Å². The summed E-state index contributed by atoms with van der Waals surface area (Å²) in [6.45, 7) is 0. The number of furan rings is 1. The first kappa shape index (κ1) is 17.7. The molecule has 0 bridgehead atoms. The van der Waals surface area contributed by atoms with Gasteiger partial charge in [0, 0.05) is 24.8 Å². The fourth-order valence-corrected chi connectivity index (χ4v) is 2.99. The van der Waals surface area contributed by atoms with Crippen LogP contribution in [0.25, 0.3) is 0 Å². The quantitative estimate of drug-likeness (QED) is 0.822. The van der Waals surface area contributed by atoms with E-state index in [9.17, 15) is 9.59 Å². The first-order chi connectivity index (χ1) is 12.6. The van der Waals surface area contributed by atoms with Crippen LogP contribution in [0.5, 0.6) is 5.75 Å². The lowest BCUT2D eigenvalue weighted by Crippen LogP contribution is -2.26. The molecule has 2 heterocycles. The van der Waals surface area contributed by atoms with E-state index < -0.39 is 5.97 Å². The van der Waals surface area contributed by atoms with Gasteiger partial charge in [0.2, 0.25) is 5.91 Å². The number of hydrogen-bond acceptors (Lipinski definition) is 5. The van der Waals surface area contributed by atoms with Gasteiger partial charge in [-0.15, -0.1) is 0 Å². The molecule has 1 atom stereocenters. The minimum Gasteiger partial charge on any atom is -0.496 e. The number of hydrazone groups is 1. The molecule has 1 N–H and O–H groups in total. The Bertz CT molecular complexity index is 813. The molecule has 136 valence electrons. The standard InChI is InChI=1S/C19H20N2O5/c1-25-16-7-3-2-6-13(16)14-12-15(17-8-5-11-26-17)21(20-14)18(22)9-4-10-19(23)24/h2-3,5-8,11,15H,4,9-10,12H2,1H3,(H,23,24). The van der Waals surface area contributed by atoms with Crippen molar-refractivity contribution in [3.8, 4) is 5.75 Å². The van der Waals surface area contributed by atoms with E-state index in [1.54, 1.807) is 19.4 Å². The van der Waals surface area contributed by atoms with Crippen molar-refractivity contribution in [3.63, 3.8) is 0 Å². The fraction of sp³-hybridized carbons (Fsp3) is 0.316. The number of methoxy groups -OCH3 is 1. The second-order valence-corrected chi connectivity index (χ2v) is 5.97. The summed E-state index contributed by atoms with van der Waals surface area (Å²) in [5.74, 6) is 0.187. The van der Waals surface area contributed by atoms with E-state index in [1.807, 2.05) is 30.3 Å². The van der Waals surface area contributed by atoms with Gasteiger partial charge in [-0.3, -0.25) is 9.59 Å². The summed E-state index contributed by atoms with van der Waals surface area (Å²) >= 11 is 0. The number of aliphatic carboxylic acids is 1. The predicted molar refractivity (Wildman–Crippen MR) is 93.9 cm³/mol. The zero-order chi connectivity index (χ0) is 18.5. The van der Waals surface area contributed by atoms with Gasteiger partial charge >= 0.3 is 5.97 Å². The van der Waals surface area contributed by atoms with Gasteiger partial charge in [0.1, 0.15) is 17.6 Å². The molecule has 1 aliphatic heterocycles. The second-order valence-electron chi connectivity index (χ2n) is 5.97. The number of carbonyl (C=O) groups excluding carboxylic acids is 1. The van der Waals surface area contributed by atoms with Gasteiger partial charge in [0.15, 0.2) is 0 Å². The van der Waals surface area contributed by atoms with Gasteiger partial charge in [-0.25, -0.2) is 5.01 Å². The topological polar surface area (TPSA) is 92.3 Å². The van der Waals surface area contributed by atoms with Crippen LogP contribution in [0.15, 0.2) is 52.2 Å². The molecule has 0 spiro atoms. The minimum absolute atomic E-state index is 0.0475. The van der Waals surface area contributed by atoms with Crippen LogP contribution in [0.3, 0.4) is 0 Å². The Morgan fingerprint density at radius 2 is 2.08 bits per heavy atom. The molecule has 26 heavy (non-hydrogen) atoms. The molecule has 7 nitrogen and oxygen atoms in total. The van der Waals surface area contributed by atoms with Crippen molar-refractivity contribution in [1.82, 2.24) is 5.01 Å². The third kappa shape index (κ3) is 3.77. The van der Waals surface area contributed by atoms with E-state index in [0.717, 1.165) is 11.3 Å². The summed E-state index contributed by atoms with van der Waals surface area (Å²) in [5, 5.41) is 14.7. The van der Waals surface area contributed by atoms with Crippen LogP contribution in [-0.2, 0) is 9.59 Å². The first-order valence-electron chi connectivity index (χ1n) is 8.38. The zero-order valence-corrected chi connectivity index (χ0v) is 14.4. The van der Waals surface area contributed by atoms with Gasteiger partial charge in [0.25, 0.3) is 0 Å². The monoisotopic (exact) mass is 356 g/mol. The predicted octanol–water partition coefficient (Wildman–Crippen LogP) is 3.22. The van der Waals surface area contributed by atoms with Crippen molar-refractivity contribution in [2.24, 2.45) is 5.10 Å². The third-order valence-corrected chi connectivity index (χ3v) is 4.24. The SMILES string of the molecule is COc1ccccc1C1=NN(C(=O)CCCC(=O)O)C(c2ccco2)C1. The first-order valence-corrected chi connectivity index (χ1v) is 8.38. The highest BCUT2D eigenvalue weighted by molar-refractivity contribution is 6.05. The van der Waals surface area contributed by atoms with Gasteiger partial charge < -0.3 is 14.3 Å². The molecular formula is C19H20N2O5. The van der Waals surface area contributed by atoms with Crippen LogP contribution in [-0.4, -0.2) is 34.8 Å². The maximum absolute atomic E-state index is 12.6. The van der Waals surface area contributed by atoms with Crippen LogP contribution >= 0.6 is 0 Å². The molecule has 0 fully saturated rings. The molecule has 0 radical (unpaired) electrons. The smallest absolute Gasteiger partial charge is 0.303 e. The molecule has 3 rings (SSSR count). The number of carboxylic acids is 1. The minimum atomic E-state index is -0.917. The summed E-state index contributed by atoms with van der Waals surface area (Å²) < 4.78 is 10.9. The highest BCUT2D eigenvalue weighted by atomic mass is 16.5. The van der Waals surface area contributed by atoms with Crippen molar-refractivity contribution in [2.75, 3.05) is 7.11 Å². The Balaban J connectivity index is 1.85. The van der Waals surface area contributed by atoms with Crippen molar-refractivity contribution in [1.29, 1.82) is 0 Å². The summed E-state index contributed by atoms with van der Waals surface area (Å²) in [7, 11) is 1.59. The number of hydrogen-bond donors (Lipinski definition) is 1. The number of nitrogens with zero attached hydrogens (tertiary/aromatic N) is 2. The highest BCUT2D eigenvalue weighted by Gasteiger charge is 2.35. The lowest BCUT2D eigenvalue weighted by Gasteiger charge is -2.19. The molecule has 0 saturated heterocycles. The number of carboxylic acid groups (broad SMARTS) is 1. The molecular weight excluding hydrogens is 336 g/mol. The van der Waals surface area contributed by atoms with Crippen LogP contribution in [0.2, 0.25) is 0 Å². The Labute approximate surface area is 150 Å². The maximum atomic E-state index is 12.6. The lowest BCUT2D eigenvalue weighted by molar-refractivity contribution is -0.137. The number of carbonyl (C=O) groups is 2. The number of benzene rings is 1. The van der Waals surface area contributed by atoms with Crippen LogP contribution in [0.4, 0.5) is 0 Å². The Morgan fingerprint density at radius 3 is 2.77 bits per heavy atom. The Kier molecular flexibility index (Phi) is 5.36. The molecule has 1 unspecified atom stereocenters. The molecule has 1 aromatic heterocycles. The molecule has 0 saturated carbocycles. The normalized spacial score (nSPS) is 16.4. The molecule has 0 aliphatic carbocycles. The van der Waals surface area contributed by atoms with Crippen molar-refractivity contribution in [2.45, 2.75) is 31.7 Å². The van der Waals surface area contributed by atoms with E-state index in [0.29, 0.717) is 17.9 Å². The molecule has 1 aromatic carbocycles. The average Bonchev–Trinajstić information content (AvgIpc) is 3.30. The molecule has 2 aromatic rings. The maximum Gasteiger partial charge on any atom is 0.303 e. The largest absolute Gasteiger partial charge is 0.496 e. The van der Waals surface area contributed by atoms with E-state index in [-0.39, 0.29) is 31.2 Å². The van der Waals surface area contributed by atoms with E-state index in [2.05, 4.69) is 5.10 Å². The second kappa shape index (κ2) is 7.86. The molecule has 7 heteroatoms. The van der Waals surface area contributed by atoms with Crippen LogP contribution < -0.4 is 4.74 Å². The third-order valence-electron chi connectivity index (χ3n) is 4.24. The number of rotatable bonds is 7. The van der Waals surface area contributed by atoms with Gasteiger partial charge in [-0.05, 0) is 30.7 Å². The fourth-order valence-electron chi connectivity index (χ4n) is 2.99. The van der Waals surface area contributed by atoms with Gasteiger partial charge in [-0.1, -0.05) is 12.1 Å². The highest BCUT2D eigenvalue weighted by Crippen LogP contribution is 2.35. The summed E-state index contributed by atoms with van der Waals surface area (Å²) in [6.07, 6.45) is 2.40. The Hall–Kier alpha value is -3.09. The Morgan fingerprint density at radius 1 is 1.27 bits per heavy atom. The number of amides is 1. The van der Waals surface area contributed by atoms with E-state index in [1.165, 1.54) is 5.01 Å². The van der Waals surface area contributed by atoms with E-state index in [4.69, 9.17) is 14.3 Å². The van der Waals surface area contributed by atoms with E-state index >= 15 is 0 Å². The zero-order valence-electron chi connectivity index (χ0n) is 14.4. The average molecular weight is 356 g/mol. The van der Waals surface area contributed by atoms with Crippen molar-refractivity contribution < 1.29 is 23.8 Å². The number of ether oxygens (including phenoxy) is 1.